The molecule has 0 aromatic carbocycles. The van der Waals surface area contributed by atoms with Crippen LogP contribution in [0.1, 0.15) is 25.2 Å². The Morgan fingerprint density at radius 1 is 1.40 bits per heavy atom. The number of alkyl halides is 3. The van der Waals surface area contributed by atoms with Crippen LogP contribution in [0, 0.1) is 5.92 Å². The SMILES string of the molecule is CC(C)CNCc1coc(-n2ccc(C(F)(F)F)n2)n1. The molecule has 0 saturated heterocycles. The number of aromatic nitrogens is 3. The quantitative estimate of drug-likeness (QED) is 0.919. The Morgan fingerprint density at radius 3 is 2.75 bits per heavy atom. The van der Waals surface area contributed by atoms with Crippen molar-refractivity contribution in [1.29, 1.82) is 0 Å². The van der Waals surface area contributed by atoms with Gasteiger partial charge in [0.1, 0.15) is 6.26 Å². The molecule has 0 bridgehead atoms. The smallest absolute Gasteiger partial charge is 0.430 e. The molecule has 0 aliphatic carbocycles. The van der Waals surface area contributed by atoms with E-state index >= 15 is 0 Å². The summed E-state index contributed by atoms with van der Waals surface area (Å²) in [4.78, 5) is 4.08. The molecule has 0 aliphatic heterocycles. The Kier molecular flexibility index (Phi) is 4.12. The number of hydrogen-bond acceptors (Lipinski definition) is 4. The first kappa shape index (κ1) is 14.6. The van der Waals surface area contributed by atoms with Crippen molar-refractivity contribution in [3.8, 4) is 6.01 Å². The molecule has 2 rings (SSSR count). The van der Waals surface area contributed by atoms with Gasteiger partial charge in [0, 0.05) is 12.7 Å². The zero-order valence-corrected chi connectivity index (χ0v) is 11.1. The Balaban J connectivity index is 2.03. The number of oxazole rings is 1. The predicted octanol–water partition coefficient (Wildman–Crippen LogP) is 2.62. The highest BCUT2D eigenvalue weighted by Gasteiger charge is 2.34. The summed E-state index contributed by atoms with van der Waals surface area (Å²) >= 11 is 0. The largest absolute Gasteiger partial charge is 0.435 e. The van der Waals surface area contributed by atoms with Gasteiger partial charge in [-0.2, -0.15) is 27.9 Å². The van der Waals surface area contributed by atoms with Gasteiger partial charge in [-0.1, -0.05) is 13.8 Å². The molecule has 2 aromatic rings. The van der Waals surface area contributed by atoms with Crippen LogP contribution in [0.25, 0.3) is 6.01 Å². The van der Waals surface area contributed by atoms with Crippen molar-refractivity contribution in [3.05, 3.63) is 29.9 Å². The van der Waals surface area contributed by atoms with Gasteiger partial charge in [0.25, 0.3) is 0 Å². The van der Waals surface area contributed by atoms with Crippen molar-refractivity contribution in [1.82, 2.24) is 20.1 Å². The molecule has 8 heteroatoms. The minimum Gasteiger partial charge on any atom is -0.430 e. The number of hydrogen-bond donors (Lipinski definition) is 1. The van der Waals surface area contributed by atoms with Gasteiger partial charge in [0.05, 0.1) is 5.69 Å². The van der Waals surface area contributed by atoms with Crippen LogP contribution in [0.5, 0.6) is 0 Å². The topological polar surface area (TPSA) is 55.9 Å². The summed E-state index contributed by atoms with van der Waals surface area (Å²) in [6.45, 7) is 5.46. The fourth-order valence-electron chi connectivity index (χ4n) is 1.55. The molecule has 0 radical (unpaired) electrons. The van der Waals surface area contributed by atoms with Crippen LogP contribution < -0.4 is 5.32 Å². The maximum Gasteiger partial charge on any atom is 0.435 e. The van der Waals surface area contributed by atoms with Gasteiger partial charge in [-0.15, -0.1) is 0 Å². The molecular weight excluding hydrogens is 273 g/mol. The van der Waals surface area contributed by atoms with E-state index in [1.807, 2.05) is 0 Å². The molecule has 5 nitrogen and oxygen atoms in total. The highest BCUT2D eigenvalue weighted by molar-refractivity contribution is 5.13. The average molecular weight is 288 g/mol. The van der Waals surface area contributed by atoms with Crippen LogP contribution >= 0.6 is 0 Å². The third kappa shape index (κ3) is 3.60. The summed E-state index contributed by atoms with van der Waals surface area (Å²) in [5, 5.41) is 6.55. The van der Waals surface area contributed by atoms with Crippen LogP contribution in [-0.2, 0) is 12.7 Å². The van der Waals surface area contributed by atoms with Crippen LogP contribution in [0.4, 0.5) is 13.2 Å². The summed E-state index contributed by atoms with van der Waals surface area (Å²) in [6.07, 6.45) is -1.91. The summed E-state index contributed by atoms with van der Waals surface area (Å²) in [6, 6.07) is 0.891. The Labute approximate surface area is 113 Å². The van der Waals surface area contributed by atoms with Gasteiger partial charge in [-0.3, -0.25) is 0 Å². The Hall–Kier alpha value is -1.83. The van der Waals surface area contributed by atoms with Crippen molar-refractivity contribution in [3.63, 3.8) is 0 Å². The van der Waals surface area contributed by atoms with Gasteiger partial charge in [-0.25, -0.2) is 0 Å². The lowest BCUT2D eigenvalue weighted by Crippen LogP contribution is -2.19. The summed E-state index contributed by atoms with van der Waals surface area (Å²) in [5.74, 6) is 0.502. The Morgan fingerprint density at radius 2 is 2.15 bits per heavy atom. The van der Waals surface area contributed by atoms with E-state index in [-0.39, 0.29) is 6.01 Å². The van der Waals surface area contributed by atoms with Crippen molar-refractivity contribution in [2.75, 3.05) is 6.54 Å². The molecule has 110 valence electrons. The predicted molar refractivity (Wildman–Crippen MR) is 65.2 cm³/mol. The van der Waals surface area contributed by atoms with E-state index in [9.17, 15) is 13.2 Å². The molecule has 0 saturated carbocycles. The van der Waals surface area contributed by atoms with Gasteiger partial charge in [0.15, 0.2) is 5.69 Å². The normalized spacial score (nSPS) is 12.3. The first-order valence-corrected chi connectivity index (χ1v) is 6.14. The second-order valence-corrected chi connectivity index (χ2v) is 4.79. The van der Waals surface area contributed by atoms with E-state index in [4.69, 9.17) is 4.42 Å². The molecule has 2 heterocycles. The molecule has 0 aliphatic rings. The molecule has 0 unspecified atom stereocenters. The molecule has 0 atom stereocenters. The van der Waals surface area contributed by atoms with E-state index < -0.39 is 11.9 Å². The second-order valence-electron chi connectivity index (χ2n) is 4.79. The highest BCUT2D eigenvalue weighted by atomic mass is 19.4. The van der Waals surface area contributed by atoms with E-state index in [0.29, 0.717) is 18.2 Å². The van der Waals surface area contributed by atoms with Gasteiger partial charge in [0.2, 0.25) is 0 Å². The maximum absolute atomic E-state index is 12.4. The van der Waals surface area contributed by atoms with Crippen molar-refractivity contribution in [2.45, 2.75) is 26.6 Å². The minimum absolute atomic E-state index is 0.0156. The first-order valence-electron chi connectivity index (χ1n) is 6.14. The molecular formula is C12H15F3N4O. The van der Waals surface area contributed by atoms with Crippen LogP contribution in [-0.4, -0.2) is 21.3 Å². The van der Waals surface area contributed by atoms with Gasteiger partial charge in [-0.05, 0) is 18.5 Å². The number of nitrogens with one attached hydrogen (secondary N) is 1. The maximum atomic E-state index is 12.4. The molecule has 1 N–H and O–H groups in total. The summed E-state index contributed by atoms with van der Waals surface area (Å²) < 4.78 is 43.4. The van der Waals surface area contributed by atoms with E-state index in [2.05, 4.69) is 29.2 Å². The fraction of sp³-hybridized carbons (Fsp3) is 0.500. The van der Waals surface area contributed by atoms with Crippen LogP contribution in [0.15, 0.2) is 22.9 Å². The summed E-state index contributed by atoms with van der Waals surface area (Å²) in [7, 11) is 0. The lowest BCUT2D eigenvalue weighted by molar-refractivity contribution is -0.141. The monoisotopic (exact) mass is 288 g/mol. The third-order valence-electron chi connectivity index (χ3n) is 2.47. The minimum atomic E-state index is -4.47. The van der Waals surface area contributed by atoms with Crippen molar-refractivity contribution in [2.24, 2.45) is 5.92 Å². The fourth-order valence-corrected chi connectivity index (χ4v) is 1.55. The summed E-state index contributed by atoms with van der Waals surface area (Å²) in [5.41, 5.74) is -0.361. The van der Waals surface area contributed by atoms with E-state index in [1.54, 1.807) is 0 Å². The highest BCUT2D eigenvalue weighted by Crippen LogP contribution is 2.27. The first-order chi connectivity index (χ1) is 9.36. The lowest BCUT2D eigenvalue weighted by Gasteiger charge is -2.04. The van der Waals surface area contributed by atoms with Crippen molar-refractivity contribution >= 4 is 0 Å². The van der Waals surface area contributed by atoms with Crippen molar-refractivity contribution < 1.29 is 17.6 Å². The number of rotatable bonds is 5. The lowest BCUT2D eigenvalue weighted by atomic mass is 10.2. The zero-order chi connectivity index (χ0) is 14.8. The molecule has 2 aromatic heterocycles. The second kappa shape index (κ2) is 5.66. The van der Waals surface area contributed by atoms with E-state index in [1.165, 1.54) is 12.5 Å². The average Bonchev–Trinajstić information content (AvgIpc) is 2.94. The molecule has 20 heavy (non-hydrogen) atoms. The standard InChI is InChI=1S/C12H15F3N4O/c1-8(2)5-16-6-9-7-20-11(17-9)19-4-3-10(18-19)12(13,14)15/h3-4,7-8,16H,5-6H2,1-2H3. The number of halogens is 3. The number of nitrogens with zero attached hydrogens (tertiary/aromatic N) is 3. The van der Waals surface area contributed by atoms with E-state index in [0.717, 1.165) is 17.3 Å². The third-order valence-corrected chi connectivity index (χ3v) is 2.47. The van der Waals surface area contributed by atoms with Crippen LogP contribution in [0.2, 0.25) is 0 Å². The zero-order valence-electron chi connectivity index (χ0n) is 11.1. The van der Waals surface area contributed by atoms with Gasteiger partial charge < -0.3 is 9.73 Å². The molecule has 0 amide bonds. The van der Waals surface area contributed by atoms with Crippen LogP contribution in [0.3, 0.4) is 0 Å². The molecule has 0 spiro atoms. The molecule has 0 fully saturated rings. The van der Waals surface area contributed by atoms with Gasteiger partial charge >= 0.3 is 12.2 Å². The Bertz CT molecular complexity index is 559.